The number of alkyl halides is 3. The molecular formula is C17H22F3IN4OS. The number of aromatic nitrogens is 1. The number of nitrogens with one attached hydrogen (secondary N) is 2. The molecule has 0 aromatic carbocycles. The summed E-state index contributed by atoms with van der Waals surface area (Å²) < 4.78 is 40.9. The van der Waals surface area contributed by atoms with Crippen molar-refractivity contribution in [2.45, 2.75) is 33.1 Å². The van der Waals surface area contributed by atoms with Crippen molar-refractivity contribution in [3.8, 4) is 5.88 Å². The van der Waals surface area contributed by atoms with Crippen LogP contribution in [-0.4, -0.2) is 30.3 Å². The number of hydrogen-bond acceptors (Lipinski definition) is 4. The zero-order valence-electron chi connectivity index (χ0n) is 15.0. The number of hydrogen-bond donors (Lipinski definition) is 2. The molecule has 0 unspecified atom stereocenters. The number of halogens is 4. The Morgan fingerprint density at radius 2 is 2.04 bits per heavy atom. The molecular weight excluding hydrogens is 492 g/mol. The molecule has 2 aromatic heterocycles. The van der Waals surface area contributed by atoms with Gasteiger partial charge in [-0.2, -0.15) is 13.2 Å². The Labute approximate surface area is 177 Å². The van der Waals surface area contributed by atoms with Gasteiger partial charge in [0.05, 0.1) is 13.1 Å². The predicted octanol–water partition coefficient (Wildman–Crippen LogP) is 4.27. The highest BCUT2D eigenvalue weighted by molar-refractivity contribution is 14.0. The van der Waals surface area contributed by atoms with E-state index < -0.39 is 12.8 Å². The van der Waals surface area contributed by atoms with Gasteiger partial charge in [0.1, 0.15) is 0 Å². The largest absolute Gasteiger partial charge is 0.468 e. The Kier molecular flexibility index (Phi) is 9.84. The zero-order chi connectivity index (χ0) is 19.0. The lowest BCUT2D eigenvalue weighted by Crippen LogP contribution is -2.36. The molecule has 0 aliphatic rings. The predicted molar refractivity (Wildman–Crippen MR) is 112 cm³/mol. The topological polar surface area (TPSA) is 58.5 Å². The maximum atomic E-state index is 12.1. The minimum atomic E-state index is -4.38. The van der Waals surface area contributed by atoms with Crippen LogP contribution in [0.25, 0.3) is 0 Å². The van der Waals surface area contributed by atoms with Gasteiger partial charge in [0.25, 0.3) is 0 Å². The van der Waals surface area contributed by atoms with Crippen LogP contribution in [0.5, 0.6) is 5.88 Å². The summed E-state index contributed by atoms with van der Waals surface area (Å²) in [6.07, 6.45) is -2.92. The van der Waals surface area contributed by atoms with E-state index in [0.29, 0.717) is 19.0 Å². The van der Waals surface area contributed by atoms with Gasteiger partial charge in [-0.15, -0.1) is 35.3 Å². The summed E-state index contributed by atoms with van der Waals surface area (Å²) in [5.41, 5.74) is 2.01. The van der Waals surface area contributed by atoms with Gasteiger partial charge in [0.15, 0.2) is 12.6 Å². The van der Waals surface area contributed by atoms with E-state index >= 15 is 0 Å². The maximum absolute atomic E-state index is 12.1. The lowest BCUT2D eigenvalue weighted by molar-refractivity contribution is -0.154. The number of pyridine rings is 1. The highest BCUT2D eigenvalue weighted by Gasteiger charge is 2.28. The monoisotopic (exact) mass is 514 g/mol. The summed E-state index contributed by atoms with van der Waals surface area (Å²) in [5, 5.41) is 8.46. The molecule has 0 aliphatic heterocycles. The highest BCUT2D eigenvalue weighted by atomic mass is 127. The number of rotatable bonds is 7. The number of aryl methyl sites for hydroxylation is 1. The molecule has 0 radical (unpaired) electrons. The van der Waals surface area contributed by atoms with E-state index in [0.717, 1.165) is 12.1 Å². The summed E-state index contributed by atoms with van der Waals surface area (Å²) in [5.74, 6) is 0.603. The molecule has 150 valence electrons. The molecule has 2 heterocycles. The number of guanidine groups is 1. The Balaban J connectivity index is 0.00000364. The van der Waals surface area contributed by atoms with Crippen molar-refractivity contribution < 1.29 is 17.9 Å². The van der Waals surface area contributed by atoms with Crippen LogP contribution in [-0.2, 0) is 13.1 Å². The molecule has 10 heteroatoms. The van der Waals surface area contributed by atoms with Crippen LogP contribution < -0.4 is 15.4 Å². The van der Waals surface area contributed by atoms with Crippen LogP contribution in [0.2, 0.25) is 0 Å². The minimum absolute atomic E-state index is 0. The molecule has 0 spiro atoms. The number of ether oxygens (including phenoxy) is 1. The second-order valence-corrected chi connectivity index (χ2v) is 6.48. The van der Waals surface area contributed by atoms with Gasteiger partial charge >= 0.3 is 6.18 Å². The van der Waals surface area contributed by atoms with E-state index in [1.807, 2.05) is 12.3 Å². The first-order valence-corrected chi connectivity index (χ1v) is 8.95. The average molecular weight is 514 g/mol. The third-order valence-electron chi connectivity index (χ3n) is 3.33. The smallest absolute Gasteiger partial charge is 0.422 e. The standard InChI is InChI=1S/C17H21F3N4OS.HI/c1-3-21-16(24-10-14-12(2)6-7-26-14)23-9-13-4-5-15(22-8-13)25-11-17(18,19)20;/h4-8H,3,9-11H2,1-2H3,(H2,21,23,24);1H. The molecule has 0 aliphatic carbocycles. The average Bonchev–Trinajstić information content (AvgIpc) is 3.01. The lowest BCUT2D eigenvalue weighted by atomic mass is 10.3. The molecule has 2 N–H and O–H groups in total. The van der Waals surface area contributed by atoms with Gasteiger partial charge in [0.2, 0.25) is 5.88 Å². The third kappa shape index (κ3) is 8.78. The van der Waals surface area contributed by atoms with E-state index in [1.165, 1.54) is 22.7 Å². The SMILES string of the molecule is CCNC(=NCc1ccc(OCC(F)(F)F)nc1)NCc1sccc1C.I. The fourth-order valence-electron chi connectivity index (χ4n) is 2.01. The van der Waals surface area contributed by atoms with E-state index in [1.54, 1.807) is 17.4 Å². The normalized spacial score (nSPS) is 11.7. The highest BCUT2D eigenvalue weighted by Crippen LogP contribution is 2.17. The van der Waals surface area contributed by atoms with Gasteiger partial charge < -0.3 is 15.4 Å². The first kappa shape index (κ1) is 23.5. The fourth-order valence-corrected chi connectivity index (χ4v) is 2.85. The van der Waals surface area contributed by atoms with Crippen LogP contribution in [0, 0.1) is 6.92 Å². The molecule has 0 amide bonds. The van der Waals surface area contributed by atoms with Crippen molar-refractivity contribution in [3.63, 3.8) is 0 Å². The molecule has 2 rings (SSSR count). The van der Waals surface area contributed by atoms with Gasteiger partial charge in [0, 0.05) is 23.7 Å². The van der Waals surface area contributed by atoms with Crippen molar-refractivity contribution >= 4 is 41.3 Å². The first-order chi connectivity index (χ1) is 12.4. The molecule has 0 bridgehead atoms. The van der Waals surface area contributed by atoms with Crippen molar-refractivity contribution in [1.29, 1.82) is 0 Å². The van der Waals surface area contributed by atoms with Gasteiger partial charge in [-0.25, -0.2) is 9.98 Å². The van der Waals surface area contributed by atoms with E-state index in [9.17, 15) is 13.2 Å². The Bertz CT molecular complexity index is 720. The molecule has 0 fully saturated rings. The van der Waals surface area contributed by atoms with Crippen LogP contribution in [0.4, 0.5) is 13.2 Å². The Morgan fingerprint density at radius 1 is 1.26 bits per heavy atom. The molecule has 0 atom stereocenters. The van der Waals surface area contributed by atoms with Gasteiger partial charge in [-0.3, -0.25) is 0 Å². The van der Waals surface area contributed by atoms with Crippen molar-refractivity contribution in [2.75, 3.05) is 13.2 Å². The molecule has 2 aromatic rings. The molecule has 5 nitrogen and oxygen atoms in total. The Hall–Kier alpha value is -1.56. The van der Waals surface area contributed by atoms with E-state index in [-0.39, 0.29) is 29.9 Å². The quantitative estimate of drug-likeness (QED) is 0.330. The minimum Gasteiger partial charge on any atom is -0.468 e. The number of nitrogens with zero attached hydrogens (tertiary/aromatic N) is 2. The Morgan fingerprint density at radius 3 is 2.59 bits per heavy atom. The van der Waals surface area contributed by atoms with Gasteiger partial charge in [-0.1, -0.05) is 6.07 Å². The van der Waals surface area contributed by atoms with E-state index in [4.69, 9.17) is 0 Å². The van der Waals surface area contributed by atoms with Gasteiger partial charge in [-0.05, 0) is 36.4 Å². The number of aliphatic imine (C=N–C) groups is 1. The second kappa shape index (κ2) is 11.3. The fraction of sp³-hybridized carbons (Fsp3) is 0.412. The number of thiophene rings is 1. The zero-order valence-corrected chi connectivity index (χ0v) is 18.1. The molecule has 27 heavy (non-hydrogen) atoms. The van der Waals surface area contributed by atoms with Crippen LogP contribution >= 0.6 is 35.3 Å². The van der Waals surface area contributed by atoms with Crippen molar-refractivity contribution in [3.05, 3.63) is 45.8 Å². The second-order valence-electron chi connectivity index (χ2n) is 5.48. The van der Waals surface area contributed by atoms with Crippen LogP contribution in [0.3, 0.4) is 0 Å². The molecule has 0 saturated carbocycles. The summed E-state index contributed by atoms with van der Waals surface area (Å²) in [6, 6.07) is 5.13. The third-order valence-corrected chi connectivity index (χ3v) is 4.35. The summed E-state index contributed by atoms with van der Waals surface area (Å²) >= 11 is 1.68. The van der Waals surface area contributed by atoms with E-state index in [2.05, 4.69) is 38.3 Å². The summed E-state index contributed by atoms with van der Waals surface area (Å²) in [7, 11) is 0. The van der Waals surface area contributed by atoms with Crippen molar-refractivity contribution in [1.82, 2.24) is 15.6 Å². The van der Waals surface area contributed by atoms with Crippen LogP contribution in [0.15, 0.2) is 34.8 Å². The summed E-state index contributed by atoms with van der Waals surface area (Å²) in [6.45, 7) is 4.43. The summed E-state index contributed by atoms with van der Waals surface area (Å²) in [4.78, 5) is 9.58. The van der Waals surface area contributed by atoms with Crippen molar-refractivity contribution in [2.24, 2.45) is 4.99 Å². The molecule has 0 saturated heterocycles. The first-order valence-electron chi connectivity index (χ1n) is 8.07. The maximum Gasteiger partial charge on any atom is 0.422 e. The lowest BCUT2D eigenvalue weighted by Gasteiger charge is -2.11. The van der Waals surface area contributed by atoms with Crippen LogP contribution in [0.1, 0.15) is 22.9 Å².